The minimum atomic E-state index is -3.63. The Morgan fingerprint density at radius 1 is 1.10 bits per heavy atom. The summed E-state index contributed by atoms with van der Waals surface area (Å²) < 4.78 is 26.9. The van der Waals surface area contributed by atoms with Crippen LogP contribution in [0.2, 0.25) is 10.0 Å². The summed E-state index contributed by atoms with van der Waals surface area (Å²) in [7, 11) is -3.63. The third kappa shape index (κ3) is 3.90. The van der Waals surface area contributed by atoms with E-state index in [9.17, 15) is 8.42 Å². The van der Waals surface area contributed by atoms with Crippen LogP contribution in [-0.4, -0.2) is 50.3 Å². The number of benzene rings is 1. The van der Waals surface area contributed by atoms with E-state index in [0.29, 0.717) is 19.0 Å². The molecule has 1 saturated heterocycles. The zero-order valence-electron chi connectivity index (χ0n) is 12.2. The zero-order valence-corrected chi connectivity index (χ0v) is 14.5. The van der Waals surface area contributed by atoms with Crippen LogP contribution in [0.3, 0.4) is 0 Å². The van der Waals surface area contributed by atoms with E-state index in [-0.39, 0.29) is 14.9 Å². The Hall–Kier alpha value is -0.330. The first-order chi connectivity index (χ1) is 9.82. The van der Waals surface area contributed by atoms with E-state index in [4.69, 9.17) is 23.2 Å². The molecule has 1 aromatic rings. The summed E-state index contributed by atoms with van der Waals surface area (Å²) in [5.74, 6) is 0.575. The summed E-state index contributed by atoms with van der Waals surface area (Å²) >= 11 is 12.1. The van der Waals surface area contributed by atoms with E-state index in [2.05, 4.69) is 18.7 Å². The van der Waals surface area contributed by atoms with Crippen LogP contribution < -0.4 is 0 Å². The number of halogens is 2. The normalized spacial score (nSPS) is 18.3. The zero-order chi connectivity index (χ0) is 15.6. The smallest absolute Gasteiger partial charge is 0.246 e. The molecule has 7 heteroatoms. The van der Waals surface area contributed by atoms with Crippen LogP contribution in [0.25, 0.3) is 0 Å². The van der Waals surface area contributed by atoms with E-state index in [1.807, 2.05) is 0 Å². The lowest BCUT2D eigenvalue weighted by molar-refractivity contribution is 0.172. The van der Waals surface area contributed by atoms with Gasteiger partial charge in [-0.25, -0.2) is 8.42 Å². The third-order valence-corrected chi connectivity index (χ3v) is 6.33. The first-order valence-electron chi connectivity index (χ1n) is 6.99. The predicted molar refractivity (Wildman–Crippen MR) is 86.5 cm³/mol. The molecule has 0 unspecified atom stereocenters. The number of hydrogen-bond acceptors (Lipinski definition) is 3. The van der Waals surface area contributed by atoms with Crippen LogP contribution in [0.1, 0.15) is 13.8 Å². The summed E-state index contributed by atoms with van der Waals surface area (Å²) in [6, 6.07) is 4.74. The molecule has 0 spiro atoms. The van der Waals surface area contributed by atoms with Crippen molar-refractivity contribution in [1.29, 1.82) is 0 Å². The van der Waals surface area contributed by atoms with Gasteiger partial charge in [-0.05, 0) is 18.1 Å². The Kier molecular flexibility index (Phi) is 5.54. The van der Waals surface area contributed by atoms with Gasteiger partial charge in [0.05, 0.1) is 10.0 Å². The molecular formula is C14H20Cl2N2O2S. The predicted octanol–water partition coefficient (Wildman–Crippen LogP) is 2.96. The molecule has 0 saturated carbocycles. The molecule has 4 nitrogen and oxygen atoms in total. The maximum Gasteiger partial charge on any atom is 0.246 e. The average molecular weight is 351 g/mol. The molecule has 0 atom stereocenters. The quantitative estimate of drug-likeness (QED) is 0.837. The van der Waals surface area contributed by atoms with Gasteiger partial charge in [-0.1, -0.05) is 43.1 Å². The maximum atomic E-state index is 12.7. The molecule has 1 aliphatic heterocycles. The van der Waals surface area contributed by atoms with E-state index >= 15 is 0 Å². The molecule has 0 aromatic heterocycles. The Balaban J connectivity index is 2.16. The Morgan fingerprint density at radius 3 is 2.10 bits per heavy atom. The van der Waals surface area contributed by atoms with Crippen molar-refractivity contribution in [3.05, 3.63) is 28.2 Å². The fourth-order valence-electron chi connectivity index (χ4n) is 2.53. The van der Waals surface area contributed by atoms with Crippen molar-refractivity contribution in [2.75, 3.05) is 32.7 Å². The van der Waals surface area contributed by atoms with E-state index < -0.39 is 10.0 Å². The van der Waals surface area contributed by atoms with Crippen molar-refractivity contribution >= 4 is 33.2 Å². The summed E-state index contributed by atoms with van der Waals surface area (Å²) in [5.41, 5.74) is 0. The summed E-state index contributed by atoms with van der Waals surface area (Å²) in [4.78, 5) is 2.30. The second-order valence-corrected chi connectivity index (χ2v) is 8.34. The molecular weight excluding hydrogens is 331 g/mol. The van der Waals surface area contributed by atoms with Gasteiger partial charge in [-0.3, -0.25) is 0 Å². The van der Waals surface area contributed by atoms with Crippen LogP contribution in [0.15, 0.2) is 23.1 Å². The molecule has 1 aliphatic rings. The summed E-state index contributed by atoms with van der Waals surface area (Å²) in [5, 5.41) is 0.347. The number of sulfonamides is 1. The van der Waals surface area contributed by atoms with Gasteiger partial charge in [-0.2, -0.15) is 4.31 Å². The molecule has 0 amide bonds. The highest BCUT2D eigenvalue weighted by molar-refractivity contribution is 7.89. The second kappa shape index (κ2) is 6.84. The van der Waals surface area contributed by atoms with Crippen molar-refractivity contribution in [2.45, 2.75) is 18.7 Å². The van der Waals surface area contributed by atoms with Crippen LogP contribution in [-0.2, 0) is 10.0 Å². The van der Waals surface area contributed by atoms with Crippen LogP contribution in [0, 0.1) is 5.92 Å². The second-order valence-electron chi connectivity index (χ2n) is 5.65. The van der Waals surface area contributed by atoms with E-state index in [1.165, 1.54) is 4.31 Å². The highest BCUT2D eigenvalue weighted by Gasteiger charge is 2.31. The molecule has 0 N–H and O–H groups in total. The molecule has 1 fully saturated rings. The largest absolute Gasteiger partial charge is 0.300 e. The SMILES string of the molecule is CC(C)CN1CCN(S(=O)(=O)c2c(Cl)cccc2Cl)CC1. The van der Waals surface area contributed by atoms with Gasteiger partial charge in [-0.15, -0.1) is 0 Å². The third-order valence-electron chi connectivity index (χ3n) is 3.47. The lowest BCUT2D eigenvalue weighted by Gasteiger charge is -2.35. The Bertz CT molecular complexity index is 577. The number of hydrogen-bond donors (Lipinski definition) is 0. The highest BCUT2D eigenvalue weighted by Crippen LogP contribution is 2.31. The first-order valence-corrected chi connectivity index (χ1v) is 9.18. The number of rotatable bonds is 4. The minimum Gasteiger partial charge on any atom is -0.300 e. The topological polar surface area (TPSA) is 40.6 Å². The van der Waals surface area contributed by atoms with Gasteiger partial charge in [0.25, 0.3) is 0 Å². The molecule has 0 bridgehead atoms. The van der Waals surface area contributed by atoms with Gasteiger partial charge in [0.2, 0.25) is 10.0 Å². The van der Waals surface area contributed by atoms with Gasteiger partial charge in [0.15, 0.2) is 0 Å². The van der Waals surface area contributed by atoms with Crippen LogP contribution in [0.5, 0.6) is 0 Å². The van der Waals surface area contributed by atoms with Crippen molar-refractivity contribution in [2.24, 2.45) is 5.92 Å². The van der Waals surface area contributed by atoms with Crippen LogP contribution >= 0.6 is 23.2 Å². The average Bonchev–Trinajstić information content (AvgIpc) is 2.38. The Labute approximate surface area is 136 Å². The molecule has 0 aliphatic carbocycles. The highest BCUT2D eigenvalue weighted by atomic mass is 35.5. The minimum absolute atomic E-state index is 0.0191. The van der Waals surface area contributed by atoms with Gasteiger partial charge in [0.1, 0.15) is 4.90 Å². The lowest BCUT2D eigenvalue weighted by Crippen LogP contribution is -2.49. The van der Waals surface area contributed by atoms with Crippen LogP contribution in [0.4, 0.5) is 0 Å². The molecule has 118 valence electrons. The van der Waals surface area contributed by atoms with Gasteiger partial charge in [0, 0.05) is 32.7 Å². The molecule has 0 radical (unpaired) electrons. The monoisotopic (exact) mass is 350 g/mol. The first kappa shape index (κ1) is 17.0. The maximum absolute atomic E-state index is 12.7. The standard InChI is InChI=1S/C14H20Cl2N2O2S/c1-11(2)10-17-6-8-18(9-7-17)21(19,20)14-12(15)4-3-5-13(14)16/h3-5,11H,6-10H2,1-2H3. The van der Waals surface area contributed by atoms with Crippen molar-refractivity contribution in [1.82, 2.24) is 9.21 Å². The fraction of sp³-hybridized carbons (Fsp3) is 0.571. The molecule has 1 aromatic carbocycles. The van der Waals surface area contributed by atoms with Crippen molar-refractivity contribution in [3.8, 4) is 0 Å². The van der Waals surface area contributed by atoms with E-state index in [0.717, 1.165) is 19.6 Å². The van der Waals surface area contributed by atoms with Crippen molar-refractivity contribution in [3.63, 3.8) is 0 Å². The number of nitrogens with zero attached hydrogens (tertiary/aromatic N) is 2. The fourth-order valence-corrected chi connectivity index (χ4v) is 5.04. The van der Waals surface area contributed by atoms with E-state index in [1.54, 1.807) is 18.2 Å². The summed E-state index contributed by atoms with van der Waals surface area (Å²) in [6.45, 7) is 7.71. The van der Waals surface area contributed by atoms with Gasteiger partial charge >= 0.3 is 0 Å². The Morgan fingerprint density at radius 2 is 1.62 bits per heavy atom. The molecule has 2 rings (SSSR count). The molecule has 1 heterocycles. The lowest BCUT2D eigenvalue weighted by atomic mass is 10.2. The summed E-state index contributed by atoms with van der Waals surface area (Å²) in [6.07, 6.45) is 0. The van der Waals surface area contributed by atoms with Gasteiger partial charge < -0.3 is 4.90 Å². The number of piperazine rings is 1. The molecule has 21 heavy (non-hydrogen) atoms. The van der Waals surface area contributed by atoms with Crippen molar-refractivity contribution < 1.29 is 8.42 Å².